The Bertz CT molecular complexity index is 578. The number of aromatic nitrogens is 1. The minimum atomic E-state index is 0.882. The Morgan fingerprint density at radius 3 is 2.65 bits per heavy atom. The van der Waals surface area contributed by atoms with Crippen LogP contribution < -0.4 is 10.2 Å². The number of nitrogens with one attached hydrogen (secondary N) is 1. The molecule has 0 aliphatic heterocycles. The summed E-state index contributed by atoms with van der Waals surface area (Å²) in [5.41, 5.74) is 5.01. The van der Waals surface area contributed by atoms with Crippen LogP contribution >= 0.6 is 0 Å². The molecule has 0 bridgehead atoms. The van der Waals surface area contributed by atoms with Crippen molar-refractivity contribution in [3.8, 4) is 0 Å². The van der Waals surface area contributed by atoms with Crippen LogP contribution in [0.15, 0.2) is 36.5 Å². The van der Waals surface area contributed by atoms with Crippen molar-refractivity contribution in [3.63, 3.8) is 0 Å². The standard InChI is InChI=1S/C17H23N3/c1-5-18-12-15-8-9-19-17(11-15)20(4)16-7-6-13(2)10-14(16)3/h6-11,18H,5,12H2,1-4H3. The van der Waals surface area contributed by atoms with E-state index < -0.39 is 0 Å². The van der Waals surface area contributed by atoms with Gasteiger partial charge in [0.05, 0.1) is 0 Å². The van der Waals surface area contributed by atoms with Crippen LogP contribution in [0.25, 0.3) is 0 Å². The Balaban J connectivity index is 2.26. The van der Waals surface area contributed by atoms with Gasteiger partial charge in [-0.25, -0.2) is 4.98 Å². The van der Waals surface area contributed by atoms with E-state index >= 15 is 0 Å². The number of aryl methyl sites for hydroxylation is 2. The summed E-state index contributed by atoms with van der Waals surface area (Å²) >= 11 is 0. The monoisotopic (exact) mass is 269 g/mol. The summed E-state index contributed by atoms with van der Waals surface area (Å²) in [6.07, 6.45) is 1.88. The van der Waals surface area contributed by atoms with Crippen LogP contribution in [0.3, 0.4) is 0 Å². The van der Waals surface area contributed by atoms with Crippen molar-refractivity contribution < 1.29 is 0 Å². The van der Waals surface area contributed by atoms with E-state index in [4.69, 9.17) is 0 Å². The number of pyridine rings is 1. The van der Waals surface area contributed by atoms with Gasteiger partial charge in [0.1, 0.15) is 5.82 Å². The molecule has 3 nitrogen and oxygen atoms in total. The third-order valence-corrected chi connectivity index (χ3v) is 3.45. The molecule has 0 saturated heterocycles. The molecule has 1 aromatic heterocycles. The predicted molar refractivity (Wildman–Crippen MR) is 85.6 cm³/mol. The second-order valence-corrected chi connectivity index (χ2v) is 5.15. The Hall–Kier alpha value is -1.87. The number of benzene rings is 1. The fourth-order valence-electron chi connectivity index (χ4n) is 2.33. The highest BCUT2D eigenvalue weighted by atomic mass is 15.2. The van der Waals surface area contributed by atoms with Crippen LogP contribution in [0.4, 0.5) is 11.5 Å². The molecule has 0 spiro atoms. The largest absolute Gasteiger partial charge is 0.329 e. The zero-order valence-corrected chi connectivity index (χ0v) is 12.8. The number of rotatable bonds is 5. The van der Waals surface area contributed by atoms with Crippen molar-refractivity contribution in [2.45, 2.75) is 27.3 Å². The van der Waals surface area contributed by atoms with Crippen LogP contribution in [-0.4, -0.2) is 18.6 Å². The second-order valence-electron chi connectivity index (χ2n) is 5.15. The fraction of sp³-hybridized carbons (Fsp3) is 0.353. The van der Waals surface area contributed by atoms with Crippen molar-refractivity contribution in [3.05, 3.63) is 53.2 Å². The van der Waals surface area contributed by atoms with Gasteiger partial charge < -0.3 is 10.2 Å². The number of nitrogens with zero attached hydrogens (tertiary/aromatic N) is 2. The molecular weight excluding hydrogens is 246 g/mol. The molecule has 1 N–H and O–H groups in total. The minimum absolute atomic E-state index is 0.882. The van der Waals surface area contributed by atoms with Crippen LogP contribution in [-0.2, 0) is 6.54 Å². The first-order valence-corrected chi connectivity index (χ1v) is 7.08. The first kappa shape index (κ1) is 14.5. The van der Waals surface area contributed by atoms with Gasteiger partial charge >= 0.3 is 0 Å². The van der Waals surface area contributed by atoms with E-state index in [1.807, 2.05) is 6.20 Å². The molecule has 106 valence electrons. The average Bonchev–Trinajstić information content (AvgIpc) is 2.45. The lowest BCUT2D eigenvalue weighted by molar-refractivity contribution is 0.726. The van der Waals surface area contributed by atoms with Crippen molar-refractivity contribution in [2.24, 2.45) is 0 Å². The maximum atomic E-state index is 4.49. The Labute approximate surface area is 121 Å². The molecule has 0 radical (unpaired) electrons. The fourth-order valence-corrected chi connectivity index (χ4v) is 2.33. The lowest BCUT2D eigenvalue weighted by Gasteiger charge is -2.21. The Kier molecular flexibility index (Phi) is 4.74. The van der Waals surface area contributed by atoms with Gasteiger partial charge in [-0.15, -0.1) is 0 Å². The molecular formula is C17H23N3. The van der Waals surface area contributed by atoms with Gasteiger partial charge in [0.15, 0.2) is 0 Å². The van der Waals surface area contributed by atoms with Gasteiger partial charge in [0, 0.05) is 25.5 Å². The van der Waals surface area contributed by atoms with Crippen LogP contribution in [0.5, 0.6) is 0 Å². The molecule has 0 fully saturated rings. The molecule has 2 aromatic rings. The summed E-state index contributed by atoms with van der Waals surface area (Å²) in [5.74, 6) is 0.979. The molecule has 0 saturated carbocycles. The second kappa shape index (κ2) is 6.53. The van der Waals surface area contributed by atoms with Crippen LogP contribution in [0.2, 0.25) is 0 Å². The minimum Gasteiger partial charge on any atom is -0.329 e. The van der Waals surface area contributed by atoms with Crippen LogP contribution in [0, 0.1) is 13.8 Å². The quantitative estimate of drug-likeness (QED) is 0.899. The van der Waals surface area contributed by atoms with E-state index in [1.165, 1.54) is 22.4 Å². The van der Waals surface area contributed by atoms with Crippen LogP contribution in [0.1, 0.15) is 23.6 Å². The summed E-state index contributed by atoms with van der Waals surface area (Å²) in [7, 11) is 2.07. The molecule has 1 heterocycles. The molecule has 20 heavy (non-hydrogen) atoms. The third-order valence-electron chi connectivity index (χ3n) is 3.45. The topological polar surface area (TPSA) is 28.2 Å². The summed E-state index contributed by atoms with van der Waals surface area (Å²) in [5, 5.41) is 3.34. The zero-order valence-electron chi connectivity index (χ0n) is 12.8. The molecule has 1 aromatic carbocycles. The summed E-state index contributed by atoms with van der Waals surface area (Å²) in [6.45, 7) is 8.23. The molecule has 3 heteroatoms. The normalized spacial score (nSPS) is 10.6. The first-order chi connectivity index (χ1) is 9.61. The number of hydrogen-bond donors (Lipinski definition) is 1. The lowest BCUT2D eigenvalue weighted by atomic mass is 10.1. The van der Waals surface area contributed by atoms with Gasteiger partial charge in [0.25, 0.3) is 0 Å². The maximum Gasteiger partial charge on any atom is 0.132 e. The van der Waals surface area contributed by atoms with Gasteiger partial charge in [-0.2, -0.15) is 0 Å². The van der Waals surface area contributed by atoms with Crippen molar-refractivity contribution in [1.82, 2.24) is 10.3 Å². The highest BCUT2D eigenvalue weighted by Crippen LogP contribution is 2.26. The molecule has 0 unspecified atom stereocenters. The maximum absolute atomic E-state index is 4.49. The van der Waals surface area contributed by atoms with E-state index in [1.54, 1.807) is 0 Å². The van der Waals surface area contributed by atoms with E-state index in [-0.39, 0.29) is 0 Å². The number of anilines is 2. The average molecular weight is 269 g/mol. The first-order valence-electron chi connectivity index (χ1n) is 7.08. The molecule has 0 aliphatic carbocycles. The summed E-state index contributed by atoms with van der Waals surface area (Å²) < 4.78 is 0. The number of hydrogen-bond acceptors (Lipinski definition) is 3. The molecule has 0 amide bonds. The van der Waals surface area contributed by atoms with Crippen molar-refractivity contribution >= 4 is 11.5 Å². The Morgan fingerprint density at radius 1 is 1.15 bits per heavy atom. The van der Waals surface area contributed by atoms with Crippen molar-refractivity contribution in [2.75, 3.05) is 18.5 Å². The molecule has 2 rings (SSSR count). The van der Waals surface area contributed by atoms with E-state index in [0.717, 1.165) is 18.9 Å². The van der Waals surface area contributed by atoms with E-state index in [2.05, 4.69) is 73.4 Å². The highest BCUT2D eigenvalue weighted by Gasteiger charge is 2.08. The van der Waals surface area contributed by atoms with Gasteiger partial charge in [0.2, 0.25) is 0 Å². The van der Waals surface area contributed by atoms with Gasteiger partial charge in [-0.05, 0) is 49.7 Å². The zero-order chi connectivity index (χ0) is 14.5. The lowest BCUT2D eigenvalue weighted by Crippen LogP contribution is -2.15. The highest BCUT2D eigenvalue weighted by molar-refractivity contribution is 5.63. The van der Waals surface area contributed by atoms with E-state index in [9.17, 15) is 0 Å². The van der Waals surface area contributed by atoms with E-state index in [0.29, 0.717) is 0 Å². The third kappa shape index (κ3) is 3.36. The summed E-state index contributed by atoms with van der Waals surface area (Å²) in [4.78, 5) is 6.63. The molecule has 0 atom stereocenters. The van der Waals surface area contributed by atoms with Gasteiger partial charge in [-0.3, -0.25) is 0 Å². The van der Waals surface area contributed by atoms with Crippen molar-refractivity contribution in [1.29, 1.82) is 0 Å². The van der Waals surface area contributed by atoms with Gasteiger partial charge in [-0.1, -0.05) is 24.6 Å². The Morgan fingerprint density at radius 2 is 1.95 bits per heavy atom. The predicted octanol–water partition coefficient (Wildman–Crippen LogP) is 3.58. The summed E-state index contributed by atoms with van der Waals surface area (Å²) in [6, 6.07) is 10.7. The molecule has 0 aliphatic rings. The smallest absolute Gasteiger partial charge is 0.132 e. The SMILES string of the molecule is CCNCc1ccnc(N(C)c2ccc(C)cc2C)c1.